The van der Waals surface area contributed by atoms with E-state index in [1.54, 1.807) is 6.07 Å². The lowest BCUT2D eigenvalue weighted by atomic mass is 10.0. The number of aliphatic hydroxyl groups is 1. The maximum atomic E-state index is 12.4. The molecule has 1 N–H and O–H groups in total. The molecule has 0 aliphatic carbocycles. The molecular weight excluding hydrogens is 279 g/mol. The number of alkyl halides is 3. The minimum absolute atomic E-state index is 0.284. The molecule has 1 atom stereocenters. The van der Waals surface area contributed by atoms with Crippen molar-refractivity contribution in [3.05, 3.63) is 64.4 Å². The highest BCUT2D eigenvalue weighted by Gasteiger charge is 2.30. The molecule has 0 saturated heterocycles. The van der Waals surface area contributed by atoms with Gasteiger partial charge in [0, 0.05) is 11.2 Å². The zero-order valence-corrected chi connectivity index (χ0v) is 10.3. The van der Waals surface area contributed by atoms with Crippen LogP contribution in [0.15, 0.2) is 42.6 Å². The van der Waals surface area contributed by atoms with Gasteiger partial charge in [0.1, 0.15) is 6.10 Å². The number of hydrogen-bond acceptors (Lipinski definition) is 2. The summed E-state index contributed by atoms with van der Waals surface area (Å²) >= 11 is 5.76. The summed E-state index contributed by atoms with van der Waals surface area (Å²) in [4.78, 5) is 3.93. The van der Waals surface area contributed by atoms with E-state index in [4.69, 9.17) is 11.6 Å². The van der Waals surface area contributed by atoms with Crippen molar-refractivity contribution >= 4 is 11.6 Å². The molecule has 0 aliphatic heterocycles. The van der Waals surface area contributed by atoms with Crippen LogP contribution in [0.1, 0.15) is 22.9 Å². The maximum Gasteiger partial charge on any atom is 0.416 e. The van der Waals surface area contributed by atoms with Crippen LogP contribution in [0, 0.1) is 0 Å². The third-order valence-electron chi connectivity index (χ3n) is 2.58. The molecule has 6 heteroatoms. The predicted octanol–water partition coefficient (Wildman–Crippen LogP) is 3.84. The van der Waals surface area contributed by atoms with E-state index in [9.17, 15) is 18.3 Å². The molecule has 1 aromatic carbocycles. The Kier molecular flexibility index (Phi) is 3.78. The Hall–Kier alpha value is -1.59. The Morgan fingerprint density at radius 1 is 1.11 bits per heavy atom. The molecule has 100 valence electrons. The fraction of sp³-hybridized carbons (Fsp3) is 0.154. The van der Waals surface area contributed by atoms with E-state index in [0.717, 1.165) is 12.1 Å². The quantitative estimate of drug-likeness (QED) is 0.910. The van der Waals surface area contributed by atoms with Gasteiger partial charge in [-0.05, 0) is 29.8 Å². The molecule has 0 fully saturated rings. The number of pyridine rings is 1. The van der Waals surface area contributed by atoms with Gasteiger partial charge in [-0.3, -0.25) is 4.98 Å². The van der Waals surface area contributed by atoms with Crippen LogP contribution >= 0.6 is 11.6 Å². The summed E-state index contributed by atoms with van der Waals surface area (Å²) in [6.07, 6.45) is -4.08. The van der Waals surface area contributed by atoms with Gasteiger partial charge in [0.15, 0.2) is 0 Å². The van der Waals surface area contributed by atoms with Gasteiger partial charge in [0.25, 0.3) is 0 Å². The Morgan fingerprint density at radius 2 is 1.74 bits per heavy atom. The largest absolute Gasteiger partial charge is 0.416 e. The number of aromatic nitrogens is 1. The Balaban J connectivity index is 2.27. The summed E-state index contributed by atoms with van der Waals surface area (Å²) in [6, 6.07) is 7.28. The monoisotopic (exact) mass is 287 g/mol. The average Bonchev–Trinajstić information content (AvgIpc) is 2.37. The van der Waals surface area contributed by atoms with Gasteiger partial charge in [-0.15, -0.1) is 0 Å². The average molecular weight is 288 g/mol. The highest BCUT2D eigenvalue weighted by molar-refractivity contribution is 6.30. The molecule has 1 unspecified atom stereocenters. The van der Waals surface area contributed by atoms with Gasteiger partial charge in [0.2, 0.25) is 0 Å². The number of aliphatic hydroxyl groups excluding tert-OH is 1. The molecule has 1 aromatic heterocycles. The second-order valence-corrected chi connectivity index (χ2v) is 4.36. The van der Waals surface area contributed by atoms with Crippen LogP contribution in [0.4, 0.5) is 13.2 Å². The van der Waals surface area contributed by atoms with Crippen LogP contribution in [-0.2, 0) is 6.18 Å². The molecule has 0 radical (unpaired) electrons. The van der Waals surface area contributed by atoms with Gasteiger partial charge < -0.3 is 5.11 Å². The second kappa shape index (κ2) is 5.19. The number of benzene rings is 1. The molecular formula is C13H9ClF3NO. The predicted molar refractivity (Wildman–Crippen MR) is 64.8 cm³/mol. The van der Waals surface area contributed by atoms with E-state index in [1.165, 1.54) is 24.4 Å². The fourth-order valence-corrected chi connectivity index (χ4v) is 1.76. The lowest BCUT2D eigenvalue weighted by Crippen LogP contribution is -2.06. The molecule has 0 aliphatic rings. The third-order valence-corrected chi connectivity index (χ3v) is 2.81. The van der Waals surface area contributed by atoms with Crippen molar-refractivity contribution in [1.82, 2.24) is 4.98 Å². The van der Waals surface area contributed by atoms with Crippen molar-refractivity contribution in [3.63, 3.8) is 0 Å². The smallest absolute Gasteiger partial charge is 0.382 e. The van der Waals surface area contributed by atoms with Crippen molar-refractivity contribution in [2.24, 2.45) is 0 Å². The Bertz CT molecular complexity index is 569. The van der Waals surface area contributed by atoms with Crippen LogP contribution in [-0.4, -0.2) is 10.1 Å². The number of rotatable bonds is 2. The number of hydrogen-bond donors (Lipinski definition) is 1. The third kappa shape index (κ3) is 3.24. The summed E-state index contributed by atoms with van der Waals surface area (Å²) in [5.74, 6) is 0. The zero-order valence-electron chi connectivity index (χ0n) is 9.53. The summed E-state index contributed by atoms with van der Waals surface area (Å²) in [5.41, 5.74) is -0.155. The van der Waals surface area contributed by atoms with Crippen LogP contribution in [0.5, 0.6) is 0 Å². The van der Waals surface area contributed by atoms with Gasteiger partial charge in [-0.25, -0.2) is 0 Å². The van der Waals surface area contributed by atoms with Gasteiger partial charge in [-0.1, -0.05) is 23.7 Å². The minimum Gasteiger partial charge on any atom is -0.382 e. The maximum absolute atomic E-state index is 12.4. The van der Waals surface area contributed by atoms with Crippen LogP contribution in [0.3, 0.4) is 0 Å². The van der Waals surface area contributed by atoms with Crippen LogP contribution < -0.4 is 0 Å². The standard InChI is InChI=1S/C13H9ClF3NO/c14-10-5-6-18-11(7-10)12(19)8-1-3-9(4-2-8)13(15,16)17/h1-7,12,19H. The first kappa shape index (κ1) is 13.8. The lowest BCUT2D eigenvalue weighted by molar-refractivity contribution is -0.137. The molecule has 0 amide bonds. The number of nitrogens with zero attached hydrogens (tertiary/aromatic N) is 1. The molecule has 2 nitrogen and oxygen atoms in total. The fourth-order valence-electron chi connectivity index (χ4n) is 1.60. The van der Waals surface area contributed by atoms with E-state index < -0.39 is 17.8 Å². The lowest BCUT2D eigenvalue weighted by Gasteiger charge is -2.12. The van der Waals surface area contributed by atoms with Crippen LogP contribution in [0.2, 0.25) is 5.02 Å². The summed E-state index contributed by atoms with van der Waals surface area (Å²) < 4.78 is 37.2. The first-order valence-corrected chi connectivity index (χ1v) is 5.72. The summed E-state index contributed by atoms with van der Waals surface area (Å²) in [7, 11) is 0. The van der Waals surface area contributed by atoms with Gasteiger partial charge in [0.05, 0.1) is 11.3 Å². The first-order valence-electron chi connectivity index (χ1n) is 5.34. The highest BCUT2D eigenvalue weighted by atomic mass is 35.5. The molecule has 2 rings (SSSR count). The normalized spacial score (nSPS) is 13.3. The van der Waals surface area contributed by atoms with Crippen molar-refractivity contribution in [2.45, 2.75) is 12.3 Å². The summed E-state index contributed by atoms with van der Waals surface area (Å²) in [5, 5.41) is 10.4. The second-order valence-electron chi connectivity index (χ2n) is 3.92. The zero-order chi connectivity index (χ0) is 14.0. The van der Waals surface area contributed by atoms with Crippen molar-refractivity contribution in [3.8, 4) is 0 Å². The van der Waals surface area contributed by atoms with Gasteiger partial charge in [-0.2, -0.15) is 13.2 Å². The van der Waals surface area contributed by atoms with Crippen molar-refractivity contribution in [2.75, 3.05) is 0 Å². The molecule has 0 saturated carbocycles. The molecule has 0 bridgehead atoms. The topological polar surface area (TPSA) is 33.1 Å². The first-order chi connectivity index (χ1) is 8.88. The molecule has 19 heavy (non-hydrogen) atoms. The highest BCUT2D eigenvalue weighted by Crippen LogP contribution is 2.30. The summed E-state index contributed by atoms with van der Waals surface area (Å²) in [6.45, 7) is 0. The SMILES string of the molecule is OC(c1ccc(C(F)(F)F)cc1)c1cc(Cl)ccn1. The number of halogens is 4. The van der Waals surface area contributed by atoms with E-state index in [1.807, 2.05) is 0 Å². The molecule has 1 heterocycles. The van der Waals surface area contributed by atoms with E-state index in [2.05, 4.69) is 4.98 Å². The Labute approximate surface area is 112 Å². The minimum atomic E-state index is -4.39. The van der Waals surface area contributed by atoms with Crippen molar-refractivity contribution in [1.29, 1.82) is 0 Å². The van der Waals surface area contributed by atoms with Crippen LogP contribution in [0.25, 0.3) is 0 Å². The Morgan fingerprint density at radius 3 is 2.26 bits per heavy atom. The van der Waals surface area contributed by atoms with E-state index in [0.29, 0.717) is 10.6 Å². The van der Waals surface area contributed by atoms with E-state index in [-0.39, 0.29) is 5.69 Å². The van der Waals surface area contributed by atoms with E-state index >= 15 is 0 Å². The van der Waals surface area contributed by atoms with Gasteiger partial charge >= 0.3 is 6.18 Å². The molecule has 2 aromatic rings. The molecule has 0 spiro atoms. The van der Waals surface area contributed by atoms with Crippen molar-refractivity contribution < 1.29 is 18.3 Å².